The molecule has 0 nitrogen and oxygen atoms in total. The second kappa shape index (κ2) is 36.3. The maximum absolute atomic E-state index is 3.74. The molecule has 0 aliphatic heterocycles. The Hall–Kier alpha value is 1.69. The molecule has 0 rings (SSSR count). The summed E-state index contributed by atoms with van der Waals surface area (Å²) in [6.07, 6.45) is 13.1. The first kappa shape index (κ1) is 31.9. The van der Waals surface area contributed by atoms with Crippen molar-refractivity contribution in [2.24, 2.45) is 0 Å². The van der Waals surface area contributed by atoms with E-state index in [1.807, 2.05) is 13.0 Å². The molecule has 0 N–H and O–H groups in total. The van der Waals surface area contributed by atoms with Gasteiger partial charge in [0.25, 0.3) is 0 Å². The Labute approximate surface area is 168 Å². The second-order valence-electron chi connectivity index (χ2n) is 3.66. The van der Waals surface area contributed by atoms with Crippen LogP contribution in [-0.2, 0) is 65.4 Å². The van der Waals surface area contributed by atoms with Crippen LogP contribution in [0.3, 0.4) is 0 Å². The fraction of sp³-hybridized carbons (Fsp3) is 0.688. The van der Waals surface area contributed by atoms with Crippen LogP contribution in [-0.4, -0.2) is 0 Å². The van der Waals surface area contributed by atoms with Crippen LogP contribution in [0.2, 0.25) is 0 Å². The predicted molar refractivity (Wildman–Crippen MR) is 78.4 cm³/mol. The summed E-state index contributed by atoms with van der Waals surface area (Å²) in [6.45, 7) is 16.3. The monoisotopic (exact) mass is 402 g/mol. The summed E-state index contributed by atoms with van der Waals surface area (Å²) in [4.78, 5) is 0. The summed E-state index contributed by atoms with van der Waals surface area (Å²) in [5.41, 5.74) is 1.29. The quantitative estimate of drug-likeness (QED) is 0.383. The Bertz CT molecular complexity index is 138. The molecule has 0 aromatic heterocycles. The van der Waals surface area contributed by atoms with Gasteiger partial charge in [0.05, 0.1) is 0 Å². The fourth-order valence-electron chi connectivity index (χ4n) is 0.920. The van der Waals surface area contributed by atoms with E-state index >= 15 is 0 Å². The van der Waals surface area contributed by atoms with Gasteiger partial charge in [-0.15, -0.1) is 6.58 Å². The topological polar surface area (TPSA) is 0 Å². The maximum Gasteiger partial charge on any atom is 0 e. The van der Waals surface area contributed by atoms with E-state index in [2.05, 4.69) is 53.7 Å². The minimum atomic E-state index is 0. The van der Waals surface area contributed by atoms with E-state index in [1.165, 1.54) is 31.3 Å². The van der Waals surface area contributed by atoms with Crippen molar-refractivity contribution < 1.29 is 65.4 Å². The van der Waals surface area contributed by atoms with Gasteiger partial charge in [0.1, 0.15) is 0 Å². The zero-order valence-corrected chi connectivity index (χ0v) is 19.2. The molecule has 0 aliphatic carbocycles. The average molecular weight is 402 g/mol. The number of hydrogen-bond acceptors (Lipinski definition) is 0. The van der Waals surface area contributed by atoms with E-state index in [1.54, 1.807) is 0 Å². The molecule has 0 heterocycles. The van der Waals surface area contributed by atoms with Crippen molar-refractivity contribution in [2.75, 3.05) is 0 Å². The van der Waals surface area contributed by atoms with Gasteiger partial charge in [-0.2, -0.15) is 19.3 Å². The van der Waals surface area contributed by atoms with Gasteiger partial charge >= 0.3 is 0 Å². The van der Waals surface area contributed by atoms with Crippen LogP contribution in [0.5, 0.6) is 0 Å². The van der Waals surface area contributed by atoms with Crippen LogP contribution >= 0.6 is 0 Å². The first-order valence-electron chi connectivity index (χ1n) is 6.57. The molecule has 2 heteroatoms. The molecule has 0 fully saturated rings. The molecule has 0 saturated heterocycles. The molecule has 18 heavy (non-hydrogen) atoms. The molecule has 0 amide bonds. The van der Waals surface area contributed by atoms with E-state index < -0.39 is 0 Å². The molecule has 0 unspecified atom stereocenters. The van der Waals surface area contributed by atoms with Gasteiger partial charge in [-0.25, -0.2) is 0 Å². The minimum Gasteiger partial charge on any atom is -0.501 e. The van der Waals surface area contributed by atoms with Crippen molar-refractivity contribution in [3.05, 3.63) is 30.7 Å². The van der Waals surface area contributed by atoms with Crippen LogP contribution < -0.4 is 0 Å². The summed E-state index contributed by atoms with van der Waals surface area (Å²) >= 11 is 0. The van der Waals surface area contributed by atoms with Gasteiger partial charge in [0, 0.05) is 65.4 Å². The van der Waals surface area contributed by atoms with Gasteiger partial charge in [-0.3, -0.25) is 6.08 Å². The summed E-state index contributed by atoms with van der Waals surface area (Å²) in [7, 11) is 0. The van der Waals surface area contributed by atoms with Gasteiger partial charge in [0.15, 0.2) is 0 Å². The largest absolute Gasteiger partial charge is 0.501 e. The molecular weight excluding hydrogens is 370 g/mol. The summed E-state index contributed by atoms with van der Waals surface area (Å²) in [5, 5.41) is 0. The average Bonchev–Trinajstić information content (AvgIpc) is 2.21. The molecule has 0 aromatic rings. The Kier molecular flexibility index (Phi) is 64.3. The molecule has 0 bridgehead atoms. The Morgan fingerprint density at radius 1 is 1.11 bits per heavy atom. The van der Waals surface area contributed by atoms with Crippen molar-refractivity contribution in [3.8, 4) is 0 Å². The fourth-order valence-corrected chi connectivity index (χ4v) is 0.920. The van der Waals surface area contributed by atoms with Gasteiger partial charge in [-0.05, 0) is 13.3 Å². The summed E-state index contributed by atoms with van der Waals surface area (Å²) in [6, 6.07) is 0. The standard InChI is InChI=1S/C6H12.C5H11.C5H9.2Y/c1-4-5-6(2)3;2*1-3-5-4-2;;/h2,4-5H2,1,3H3;5H,3-4H2,1-2H3;3H,4H2,1-2H3;;/q;2*-1;;. The van der Waals surface area contributed by atoms with E-state index in [-0.39, 0.29) is 65.4 Å². The van der Waals surface area contributed by atoms with E-state index in [4.69, 9.17) is 0 Å². The molecule has 0 aromatic carbocycles. The van der Waals surface area contributed by atoms with E-state index in [0.29, 0.717) is 0 Å². The molecular formula is C16H32Y2-2. The van der Waals surface area contributed by atoms with Gasteiger partial charge in [-0.1, -0.05) is 46.6 Å². The third kappa shape index (κ3) is 65.3. The molecule has 0 saturated carbocycles. The SMILES string of the molecule is C=C(C)CCC.CC=[C-]CC.CC[CH-]CC.[Y].[Y]. The molecule has 0 aliphatic rings. The molecule has 2 radical (unpaired) electrons. The Morgan fingerprint density at radius 3 is 1.56 bits per heavy atom. The zero-order valence-electron chi connectivity index (χ0n) is 13.6. The summed E-state index contributed by atoms with van der Waals surface area (Å²) < 4.78 is 0. The van der Waals surface area contributed by atoms with Gasteiger partial charge < -0.3 is 12.5 Å². The number of rotatable bonds is 5. The Balaban J connectivity index is -0.0000000447. The third-order valence-electron chi connectivity index (χ3n) is 1.66. The minimum absolute atomic E-state index is 0. The molecule has 104 valence electrons. The van der Waals surface area contributed by atoms with Crippen LogP contribution in [0.1, 0.15) is 73.6 Å². The van der Waals surface area contributed by atoms with E-state index in [0.717, 1.165) is 6.42 Å². The number of unbranched alkanes of at least 4 members (excludes halogenated alkanes) is 2. The van der Waals surface area contributed by atoms with Crippen molar-refractivity contribution in [1.29, 1.82) is 0 Å². The van der Waals surface area contributed by atoms with Crippen molar-refractivity contribution in [3.63, 3.8) is 0 Å². The smallest absolute Gasteiger partial charge is 0 e. The molecule has 0 atom stereocenters. The third-order valence-corrected chi connectivity index (χ3v) is 1.66. The van der Waals surface area contributed by atoms with Crippen LogP contribution in [0.25, 0.3) is 0 Å². The maximum atomic E-state index is 3.74. The van der Waals surface area contributed by atoms with Crippen molar-refractivity contribution in [1.82, 2.24) is 0 Å². The van der Waals surface area contributed by atoms with Crippen molar-refractivity contribution >= 4 is 0 Å². The first-order chi connectivity index (χ1) is 7.60. The number of hydrogen-bond donors (Lipinski definition) is 0. The van der Waals surface area contributed by atoms with E-state index in [9.17, 15) is 0 Å². The van der Waals surface area contributed by atoms with Crippen LogP contribution in [0.15, 0.2) is 18.2 Å². The zero-order chi connectivity index (χ0) is 13.2. The summed E-state index contributed by atoms with van der Waals surface area (Å²) in [5.74, 6) is 0. The molecule has 0 spiro atoms. The van der Waals surface area contributed by atoms with Crippen LogP contribution in [0, 0.1) is 12.5 Å². The van der Waals surface area contributed by atoms with Gasteiger partial charge in [0.2, 0.25) is 0 Å². The normalized spacial score (nSPS) is 7.89. The van der Waals surface area contributed by atoms with Crippen LogP contribution in [0.4, 0.5) is 0 Å². The predicted octanol–water partition coefficient (Wildman–Crippen LogP) is 6.14. The van der Waals surface area contributed by atoms with Crippen molar-refractivity contribution in [2.45, 2.75) is 73.6 Å². The first-order valence-corrected chi connectivity index (χ1v) is 6.57. The Morgan fingerprint density at radius 2 is 1.56 bits per heavy atom. The second-order valence-corrected chi connectivity index (χ2v) is 3.66. The number of allylic oxidation sites excluding steroid dienone is 3.